The van der Waals surface area contributed by atoms with Crippen molar-refractivity contribution >= 4 is 16.7 Å². The summed E-state index contributed by atoms with van der Waals surface area (Å²) in [6.07, 6.45) is 11.6. The minimum atomic E-state index is -0.0216. The van der Waals surface area contributed by atoms with Crippen LogP contribution in [0.15, 0.2) is 36.4 Å². The first kappa shape index (κ1) is 21.8. The molecule has 2 aromatic carbocycles. The van der Waals surface area contributed by atoms with Crippen molar-refractivity contribution in [3.8, 4) is 5.75 Å². The van der Waals surface area contributed by atoms with Crippen molar-refractivity contribution in [3.05, 3.63) is 42.0 Å². The summed E-state index contributed by atoms with van der Waals surface area (Å²) >= 11 is 0. The predicted molar refractivity (Wildman–Crippen MR) is 128 cm³/mol. The molecule has 3 aliphatic rings. The molecule has 0 N–H and O–H groups in total. The van der Waals surface area contributed by atoms with E-state index in [-0.39, 0.29) is 11.9 Å². The average Bonchev–Trinajstić information content (AvgIpc) is 2.79. The molecule has 0 atom stereocenters. The fourth-order valence-electron chi connectivity index (χ4n) is 5.98. The summed E-state index contributed by atoms with van der Waals surface area (Å²) in [5, 5.41) is 2.52. The Morgan fingerprint density at radius 2 is 1.69 bits per heavy atom. The molecule has 0 radical (unpaired) electrons. The largest absolute Gasteiger partial charge is 0.490 e. The minimum absolute atomic E-state index is 0.0216. The first-order chi connectivity index (χ1) is 15.6. The number of rotatable bonds is 6. The highest BCUT2D eigenvalue weighted by atomic mass is 16.5. The molecule has 0 bridgehead atoms. The van der Waals surface area contributed by atoms with Gasteiger partial charge in [0.1, 0.15) is 5.75 Å². The van der Waals surface area contributed by atoms with E-state index in [2.05, 4.69) is 41.3 Å². The predicted octanol–water partition coefficient (Wildman–Crippen LogP) is 6.11. The molecule has 32 heavy (non-hydrogen) atoms. The molecule has 0 amide bonds. The van der Waals surface area contributed by atoms with Gasteiger partial charge in [0, 0.05) is 6.54 Å². The molecule has 2 aromatic rings. The Balaban J connectivity index is 1.15. The van der Waals surface area contributed by atoms with Gasteiger partial charge in [-0.25, -0.2) is 0 Å². The van der Waals surface area contributed by atoms with Crippen LogP contribution in [0.3, 0.4) is 0 Å². The third-order valence-electron chi connectivity index (χ3n) is 8.20. The number of hydrogen-bond donors (Lipinski definition) is 0. The molecule has 1 heterocycles. The first-order valence-electron chi connectivity index (χ1n) is 12.7. The third-order valence-corrected chi connectivity index (χ3v) is 8.20. The van der Waals surface area contributed by atoms with E-state index in [1.807, 2.05) is 6.92 Å². The van der Waals surface area contributed by atoms with E-state index in [1.165, 1.54) is 61.3 Å². The first-order valence-corrected chi connectivity index (χ1v) is 12.7. The van der Waals surface area contributed by atoms with Gasteiger partial charge in [-0.2, -0.15) is 0 Å². The number of ether oxygens (including phenoxy) is 2. The van der Waals surface area contributed by atoms with E-state index in [0.29, 0.717) is 18.1 Å². The van der Waals surface area contributed by atoms with Gasteiger partial charge in [-0.3, -0.25) is 9.69 Å². The maximum atomic E-state index is 12.0. The molecule has 2 saturated carbocycles. The van der Waals surface area contributed by atoms with Gasteiger partial charge in [-0.15, -0.1) is 0 Å². The lowest BCUT2D eigenvalue weighted by Crippen LogP contribution is -2.37. The number of carbonyl (C=O) groups is 1. The van der Waals surface area contributed by atoms with E-state index < -0.39 is 0 Å². The molecule has 172 valence electrons. The fraction of sp³-hybridized carbons (Fsp3) is 0.607. The normalized spacial score (nSPS) is 22.0. The Morgan fingerprint density at radius 1 is 0.969 bits per heavy atom. The quantitative estimate of drug-likeness (QED) is 0.514. The lowest BCUT2D eigenvalue weighted by molar-refractivity contribution is -0.149. The molecule has 1 spiro atoms. The number of nitrogens with zero attached hydrogens (tertiary/aromatic N) is 1. The van der Waals surface area contributed by atoms with Gasteiger partial charge in [0.2, 0.25) is 0 Å². The van der Waals surface area contributed by atoms with Crippen LogP contribution in [0, 0.1) is 11.3 Å². The van der Waals surface area contributed by atoms with Crippen LogP contribution in [-0.2, 0) is 16.1 Å². The van der Waals surface area contributed by atoms with Crippen LogP contribution in [0.5, 0.6) is 5.75 Å². The lowest BCUT2D eigenvalue weighted by atomic mass is 9.60. The van der Waals surface area contributed by atoms with E-state index >= 15 is 0 Å². The monoisotopic (exact) mass is 435 g/mol. The summed E-state index contributed by atoms with van der Waals surface area (Å²) < 4.78 is 11.6. The van der Waals surface area contributed by atoms with Gasteiger partial charge in [0.25, 0.3) is 0 Å². The molecule has 3 fully saturated rings. The number of fused-ring (bicyclic) bond motifs is 1. The summed E-state index contributed by atoms with van der Waals surface area (Å²) in [6, 6.07) is 13.3. The molecule has 4 heteroatoms. The van der Waals surface area contributed by atoms with Crippen LogP contribution in [0.1, 0.15) is 70.3 Å². The Labute approximate surface area is 192 Å². The van der Waals surface area contributed by atoms with Gasteiger partial charge < -0.3 is 9.47 Å². The van der Waals surface area contributed by atoms with Gasteiger partial charge in [-0.05, 0) is 111 Å². The summed E-state index contributed by atoms with van der Waals surface area (Å²) in [7, 11) is 0. The number of carbonyl (C=O) groups excluding carboxylic acids is 1. The molecule has 5 rings (SSSR count). The molecule has 1 saturated heterocycles. The molecule has 2 aliphatic carbocycles. The lowest BCUT2D eigenvalue weighted by Gasteiger charge is -2.46. The molecular weight excluding hydrogens is 398 g/mol. The highest BCUT2D eigenvalue weighted by molar-refractivity contribution is 5.84. The summed E-state index contributed by atoms with van der Waals surface area (Å²) in [6.45, 7) is 5.20. The Hall–Kier alpha value is -2.07. The average molecular weight is 436 g/mol. The van der Waals surface area contributed by atoms with Crippen LogP contribution >= 0.6 is 0 Å². The Bertz CT molecular complexity index is 933. The van der Waals surface area contributed by atoms with Crippen molar-refractivity contribution in [3.63, 3.8) is 0 Å². The molecule has 0 aromatic heterocycles. The van der Waals surface area contributed by atoms with Crippen molar-refractivity contribution in [2.75, 3.05) is 19.7 Å². The van der Waals surface area contributed by atoms with Crippen molar-refractivity contribution < 1.29 is 14.3 Å². The van der Waals surface area contributed by atoms with Gasteiger partial charge in [0.15, 0.2) is 0 Å². The highest BCUT2D eigenvalue weighted by Crippen LogP contribution is 2.51. The minimum Gasteiger partial charge on any atom is -0.490 e. The zero-order valence-corrected chi connectivity index (χ0v) is 19.5. The van der Waals surface area contributed by atoms with E-state index in [9.17, 15) is 4.79 Å². The molecule has 4 nitrogen and oxygen atoms in total. The maximum Gasteiger partial charge on any atom is 0.309 e. The molecular formula is C28H37NO3. The van der Waals surface area contributed by atoms with Gasteiger partial charge >= 0.3 is 5.97 Å². The van der Waals surface area contributed by atoms with Crippen LogP contribution in [0.2, 0.25) is 0 Å². The maximum absolute atomic E-state index is 12.0. The fourth-order valence-corrected chi connectivity index (χ4v) is 5.98. The Kier molecular flexibility index (Phi) is 6.41. The van der Waals surface area contributed by atoms with E-state index in [4.69, 9.17) is 9.47 Å². The van der Waals surface area contributed by atoms with Gasteiger partial charge in [0.05, 0.1) is 18.6 Å². The van der Waals surface area contributed by atoms with Crippen molar-refractivity contribution in [1.82, 2.24) is 4.90 Å². The summed E-state index contributed by atoms with van der Waals surface area (Å²) in [4.78, 5) is 14.4. The topological polar surface area (TPSA) is 38.8 Å². The second-order valence-corrected chi connectivity index (χ2v) is 10.3. The standard InChI is InChI=1S/C28H37NO3/c1-2-31-27(30)22-10-16-29(17-11-22)20-21-4-5-24-19-26(7-6-23(24)18-21)32-25-8-14-28(15-9-25)12-3-13-28/h4-7,18-19,22,25H,2-3,8-17,20H2,1H3. The molecule has 0 unspecified atom stereocenters. The van der Waals surface area contributed by atoms with Crippen LogP contribution in [0.4, 0.5) is 0 Å². The summed E-state index contributed by atoms with van der Waals surface area (Å²) in [5.41, 5.74) is 2.02. The second kappa shape index (κ2) is 9.43. The van der Waals surface area contributed by atoms with E-state index in [0.717, 1.165) is 38.2 Å². The second-order valence-electron chi connectivity index (χ2n) is 10.3. The van der Waals surface area contributed by atoms with Gasteiger partial charge in [-0.1, -0.05) is 24.6 Å². The van der Waals surface area contributed by atoms with Crippen molar-refractivity contribution in [1.29, 1.82) is 0 Å². The SMILES string of the molecule is CCOC(=O)C1CCN(Cc2ccc3cc(OC4CCC5(CCC5)CC4)ccc3c2)CC1. The van der Waals surface area contributed by atoms with Crippen molar-refractivity contribution in [2.24, 2.45) is 11.3 Å². The zero-order chi connectivity index (χ0) is 22.0. The highest BCUT2D eigenvalue weighted by Gasteiger charge is 2.40. The zero-order valence-electron chi connectivity index (χ0n) is 19.5. The van der Waals surface area contributed by atoms with Crippen LogP contribution in [0.25, 0.3) is 10.8 Å². The number of likely N-dealkylation sites (tertiary alicyclic amines) is 1. The summed E-state index contributed by atoms with van der Waals surface area (Å²) in [5.74, 6) is 1.07. The molecule has 1 aliphatic heterocycles. The number of benzene rings is 2. The third kappa shape index (κ3) is 4.80. The number of esters is 1. The smallest absolute Gasteiger partial charge is 0.309 e. The number of piperidine rings is 1. The number of hydrogen-bond acceptors (Lipinski definition) is 4. The van der Waals surface area contributed by atoms with Crippen LogP contribution < -0.4 is 4.74 Å². The van der Waals surface area contributed by atoms with E-state index in [1.54, 1.807) is 0 Å². The van der Waals surface area contributed by atoms with Crippen molar-refractivity contribution in [2.45, 2.75) is 77.4 Å². The van der Waals surface area contributed by atoms with Crippen LogP contribution in [-0.4, -0.2) is 36.7 Å². The Morgan fingerprint density at radius 3 is 2.38 bits per heavy atom.